The molecule has 3 N–H and O–H groups in total. The number of anilines is 1. The number of nitrogens with zero attached hydrogens (tertiary/aromatic N) is 2. The minimum atomic E-state index is -1.30. The first-order valence-corrected chi connectivity index (χ1v) is 18.2. The van der Waals surface area contributed by atoms with Gasteiger partial charge in [-0.3, -0.25) is 5.32 Å². The van der Waals surface area contributed by atoms with E-state index in [1.54, 1.807) is 0 Å². The largest absolute Gasteiger partial charge is 0.630 e. The van der Waals surface area contributed by atoms with Crippen molar-refractivity contribution in [3.63, 3.8) is 0 Å². The minimum absolute atomic E-state index is 0.145. The maximum Gasteiger partial charge on any atom is 0.417 e. The van der Waals surface area contributed by atoms with Gasteiger partial charge in [-0.05, 0) is 31.2 Å². The Balaban J connectivity index is 1.41. The Labute approximate surface area is 260 Å². The number of halogens is 2. The van der Waals surface area contributed by atoms with Crippen LogP contribution in [0.15, 0.2) is 54.9 Å². The van der Waals surface area contributed by atoms with E-state index in [1.165, 1.54) is 36.5 Å². The number of ether oxygens (including phenoxy) is 5. The van der Waals surface area contributed by atoms with E-state index in [0.717, 1.165) is 18.2 Å². The summed E-state index contributed by atoms with van der Waals surface area (Å²) in [5, 5.41) is 13.6. The van der Waals surface area contributed by atoms with Crippen LogP contribution >= 0.6 is 0 Å². The third-order valence-electron chi connectivity index (χ3n) is 7.21. The number of carbonyl (C=O) groups is 1. The molecule has 2 aromatic heterocycles. The molecular formula is C31H36F2N4O7Si. The summed E-state index contributed by atoms with van der Waals surface area (Å²) in [5.74, 6) is -2.45. The molecule has 240 valence electrons. The number of amides is 1. The zero-order chi connectivity index (χ0) is 32.2. The maximum absolute atomic E-state index is 15.3. The average molecular weight is 643 g/mol. The Bertz CT molecular complexity index is 1630. The normalized spacial score (nSPS) is 14.3. The van der Waals surface area contributed by atoms with Crippen LogP contribution in [-0.4, -0.2) is 50.1 Å². The van der Waals surface area contributed by atoms with Crippen molar-refractivity contribution >= 4 is 36.6 Å². The van der Waals surface area contributed by atoms with Gasteiger partial charge in [0.2, 0.25) is 0 Å². The van der Waals surface area contributed by atoms with Crippen LogP contribution in [0, 0.1) is 16.8 Å². The first-order valence-electron chi connectivity index (χ1n) is 14.5. The molecule has 5 rings (SSSR count). The van der Waals surface area contributed by atoms with Gasteiger partial charge >= 0.3 is 6.09 Å². The molecule has 1 aliphatic heterocycles. The van der Waals surface area contributed by atoms with E-state index in [-0.39, 0.29) is 23.9 Å². The number of aromatic nitrogens is 2. The fraction of sp³-hybridized carbons (Fsp3) is 0.355. The van der Waals surface area contributed by atoms with Gasteiger partial charge in [0, 0.05) is 63.5 Å². The number of hydrogen-bond donors (Lipinski definition) is 2. The standard InChI is InChI=1S/C31H36F2N4O7Si/c1-5-42-31(17-41-18-31)23-16-37(19-40-12-13-45(2,3)4)29-27(23)26(10-11-34-29)44-28-24(32)14-21(15-25(28)33)35-30(38)43-22-8-6-20(36-39)7-9-22/h6-11,14-16H,5,12-13,17-19,36H2,1-4H3,(H,35,38). The summed E-state index contributed by atoms with van der Waals surface area (Å²) >= 11 is 0. The molecule has 0 bridgehead atoms. The molecule has 1 aliphatic rings. The van der Waals surface area contributed by atoms with Crippen molar-refractivity contribution in [2.75, 3.05) is 31.7 Å². The Hall–Kier alpha value is -3.92. The smallest absolute Gasteiger partial charge is 0.417 e. The summed E-state index contributed by atoms with van der Waals surface area (Å²) in [7, 11) is -1.30. The molecule has 14 heteroatoms. The highest BCUT2D eigenvalue weighted by atomic mass is 28.3. The second-order valence-corrected chi connectivity index (χ2v) is 17.5. The van der Waals surface area contributed by atoms with E-state index in [1.807, 2.05) is 17.7 Å². The molecule has 2 aromatic carbocycles. The fourth-order valence-corrected chi connectivity index (χ4v) is 5.60. The Morgan fingerprint density at radius 3 is 2.47 bits per heavy atom. The van der Waals surface area contributed by atoms with Crippen LogP contribution < -0.4 is 20.3 Å². The average Bonchev–Trinajstić information content (AvgIpc) is 3.34. The Kier molecular flexibility index (Phi) is 9.81. The molecule has 1 fully saturated rings. The van der Waals surface area contributed by atoms with Crippen molar-refractivity contribution in [3.8, 4) is 17.2 Å². The molecule has 11 nitrogen and oxygen atoms in total. The second kappa shape index (κ2) is 13.6. The number of fused-ring (bicyclic) bond motifs is 1. The third-order valence-corrected chi connectivity index (χ3v) is 8.92. The predicted molar refractivity (Wildman–Crippen MR) is 165 cm³/mol. The lowest BCUT2D eigenvalue weighted by Crippen LogP contribution is -2.70. The predicted octanol–water partition coefficient (Wildman–Crippen LogP) is 5.98. The monoisotopic (exact) mass is 642 g/mol. The van der Waals surface area contributed by atoms with Crippen LogP contribution in [0.25, 0.3) is 11.0 Å². The summed E-state index contributed by atoms with van der Waals surface area (Å²) in [6.07, 6.45) is 2.39. The number of rotatable bonds is 13. The van der Waals surface area contributed by atoms with Gasteiger partial charge in [-0.25, -0.2) is 18.6 Å². The number of nitrogens with one attached hydrogen (secondary N) is 1. The number of pyridine rings is 1. The lowest BCUT2D eigenvalue weighted by molar-refractivity contribution is -0.497. The third kappa shape index (κ3) is 7.49. The van der Waals surface area contributed by atoms with Crippen molar-refractivity contribution in [2.24, 2.45) is 0 Å². The maximum atomic E-state index is 15.3. The van der Waals surface area contributed by atoms with Crippen LogP contribution in [0.2, 0.25) is 25.7 Å². The second-order valence-electron chi connectivity index (χ2n) is 11.9. The molecular weight excluding hydrogens is 606 g/mol. The number of quaternary nitrogens is 1. The first-order chi connectivity index (χ1) is 21.5. The summed E-state index contributed by atoms with van der Waals surface area (Å²) < 4.78 is 61.1. The quantitative estimate of drug-likeness (QED) is 0.0788. The Morgan fingerprint density at radius 1 is 1.16 bits per heavy atom. The topological polar surface area (TPSA) is 133 Å². The van der Waals surface area contributed by atoms with E-state index in [9.17, 15) is 10.0 Å². The van der Waals surface area contributed by atoms with Crippen LogP contribution in [0.1, 0.15) is 12.5 Å². The molecule has 1 saturated heterocycles. The van der Waals surface area contributed by atoms with Crippen LogP contribution in [0.3, 0.4) is 0 Å². The summed E-state index contributed by atoms with van der Waals surface area (Å²) in [6.45, 7) is 10.5. The lowest BCUT2D eigenvalue weighted by atomic mass is 9.91. The van der Waals surface area contributed by atoms with Crippen LogP contribution in [0.5, 0.6) is 17.2 Å². The summed E-state index contributed by atoms with van der Waals surface area (Å²) in [5.41, 5.74) is 1.30. The molecule has 0 atom stereocenters. The highest BCUT2D eigenvalue weighted by molar-refractivity contribution is 6.76. The minimum Gasteiger partial charge on any atom is -0.630 e. The zero-order valence-electron chi connectivity index (χ0n) is 25.5. The van der Waals surface area contributed by atoms with Crippen molar-refractivity contribution in [2.45, 2.75) is 44.9 Å². The molecule has 0 aliphatic carbocycles. The molecule has 3 heterocycles. The molecule has 0 spiro atoms. The van der Waals surface area contributed by atoms with Crippen LogP contribution in [-0.2, 0) is 26.5 Å². The summed E-state index contributed by atoms with van der Waals surface area (Å²) in [6, 6.07) is 10.1. The highest BCUT2D eigenvalue weighted by Crippen LogP contribution is 2.43. The van der Waals surface area contributed by atoms with Gasteiger partial charge < -0.3 is 38.9 Å². The molecule has 0 saturated carbocycles. The summed E-state index contributed by atoms with van der Waals surface area (Å²) in [4.78, 5) is 16.9. The molecule has 0 radical (unpaired) electrons. The SMILES string of the molecule is CCOC1(c2cn(COCC[Si](C)(C)C)c3nccc(Oc4c(F)cc(NC(=O)Oc5ccc([NH2+][O-])cc5)cc4F)c23)COC1. The zero-order valence-corrected chi connectivity index (χ0v) is 26.5. The molecule has 0 unspecified atom stereocenters. The van der Waals surface area contributed by atoms with Crippen LogP contribution in [0.4, 0.5) is 25.0 Å². The van der Waals surface area contributed by atoms with Gasteiger partial charge in [0.1, 0.15) is 35.2 Å². The van der Waals surface area contributed by atoms with Crippen molar-refractivity contribution in [3.05, 3.63) is 77.3 Å². The molecule has 45 heavy (non-hydrogen) atoms. The first kappa shape index (κ1) is 32.5. The van der Waals surface area contributed by atoms with Gasteiger partial charge in [0.05, 0.1) is 24.3 Å². The van der Waals surface area contributed by atoms with Crippen molar-refractivity contribution < 1.29 is 42.7 Å². The number of carbonyl (C=O) groups excluding carboxylic acids is 1. The van der Waals surface area contributed by atoms with Crippen molar-refractivity contribution in [1.29, 1.82) is 0 Å². The highest BCUT2D eigenvalue weighted by Gasteiger charge is 2.44. The lowest BCUT2D eigenvalue weighted by Gasteiger charge is -2.41. The number of benzene rings is 2. The molecule has 4 aromatic rings. The van der Waals surface area contributed by atoms with E-state index >= 15 is 8.78 Å². The molecule has 1 amide bonds. The van der Waals surface area contributed by atoms with Gasteiger partial charge in [-0.15, -0.1) is 0 Å². The van der Waals surface area contributed by atoms with E-state index in [0.29, 0.717) is 54.2 Å². The van der Waals surface area contributed by atoms with Gasteiger partial charge in [0.25, 0.3) is 0 Å². The van der Waals surface area contributed by atoms with Crippen molar-refractivity contribution in [1.82, 2.24) is 9.55 Å². The number of hydrogen-bond acceptors (Lipinski definition) is 8. The van der Waals surface area contributed by atoms with E-state index in [4.69, 9.17) is 23.7 Å². The van der Waals surface area contributed by atoms with Gasteiger partial charge in [0.15, 0.2) is 17.4 Å². The Morgan fingerprint density at radius 2 is 1.87 bits per heavy atom. The van der Waals surface area contributed by atoms with Gasteiger partial charge in [-0.2, -0.15) is 0 Å². The fourth-order valence-electron chi connectivity index (χ4n) is 4.84. The number of nitrogens with two attached hydrogens (primary N) is 1. The van der Waals surface area contributed by atoms with E-state index in [2.05, 4.69) is 29.9 Å². The van der Waals surface area contributed by atoms with E-state index < -0.39 is 37.2 Å². The van der Waals surface area contributed by atoms with Gasteiger partial charge in [-0.1, -0.05) is 19.6 Å².